The highest BCUT2D eigenvalue weighted by atomic mass is 19.1. The Bertz CT molecular complexity index is 1820. The van der Waals surface area contributed by atoms with Crippen molar-refractivity contribution in [2.45, 2.75) is 18.4 Å². The quantitative estimate of drug-likeness (QED) is 0.228. The van der Waals surface area contributed by atoms with E-state index in [1.54, 1.807) is 42.9 Å². The monoisotopic (exact) mass is 566 g/mol. The van der Waals surface area contributed by atoms with E-state index in [1.807, 2.05) is 36.0 Å². The second-order valence-corrected chi connectivity index (χ2v) is 11.0. The van der Waals surface area contributed by atoms with Crippen LogP contribution in [-0.4, -0.2) is 70.5 Å². The van der Waals surface area contributed by atoms with Crippen molar-refractivity contribution in [2.75, 3.05) is 39.6 Å². The van der Waals surface area contributed by atoms with Gasteiger partial charge in [-0.1, -0.05) is 24.0 Å². The Morgan fingerprint density at radius 3 is 2.93 bits per heavy atom. The topological polar surface area (TPSA) is 106 Å². The first-order chi connectivity index (χ1) is 20.3. The Morgan fingerprint density at radius 2 is 2.14 bits per heavy atom. The molecule has 4 aromatic rings. The van der Waals surface area contributed by atoms with Crippen LogP contribution in [0.15, 0.2) is 65.9 Å². The summed E-state index contributed by atoms with van der Waals surface area (Å²) in [7, 11) is 5.31. The minimum atomic E-state index is -0.529. The number of fused-ring (bicyclic) bond motifs is 2. The summed E-state index contributed by atoms with van der Waals surface area (Å²) in [5.41, 5.74) is 2.54. The zero-order chi connectivity index (χ0) is 29.4. The standard InChI is InChI=1S/C32H31FN6O3/c1-38(2)15-5-8-26(40)39-19-20-16-32(39,17-20)12-9-21-18-34-13-10-22(21)28-29(27-24(36-28)11-14-35-31(27)41)37-25-7-4-6-23(33)30(25)42-3/h4-8,10-11,13-14,18,20,36-37H,15-17,19H2,1-3H3,(H,35,41)/b8-5+. The minimum absolute atomic E-state index is 0.0251. The fraction of sp³-hybridized carbons (Fsp3) is 0.281. The molecule has 7 rings (SSSR count). The Balaban J connectivity index is 1.41. The molecular formula is C32H31FN6O3. The number of H-pyrrole nitrogens is 2. The molecule has 1 amide bonds. The van der Waals surface area contributed by atoms with Gasteiger partial charge in [-0.2, -0.15) is 0 Å². The van der Waals surface area contributed by atoms with Crippen molar-refractivity contribution >= 4 is 28.2 Å². The number of amides is 1. The largest absolute Gasteiger partial charge is 0.492 e. The maximum atomic E-state index is 14.5. The van der Waals surface area contributed by atoms with Gasteiger partial charge < -0.3 is 29.8 Å². The molecule has 2 saturated heterocycles. The summed E-state index contributed by atoms with van der Waals surface area (Å²) in [5, 5.41) is 3.62. The third-order valence-electron chi connectivity index (χ3n) is 7.88. The van der Waals surface area contributed by atoms with E-state index in [1.165, 1.54) is 13.2 Å². The van der Waals surface area contributed by atoms with E-state index in [-0.39, 0.29) is 17.2 Å². The number of pyridine rings is 2. The molecule has 3 aromatic heterocycles. The molecule has 1 aliphatic carbocycles. The second-order valence-electron chi connectivity index (χ2n) is 11.0. The first-order valence-electron chi connectivity index (χ1n) is 13.7. The molecule has 214 valence electrons. The number of carbonyl (C=O) groups is 1. The maximum Gasteiger partial charge on any atom is 0.259 e. The molecule has 1 aromatic carbocycles. The summed E-state index contributed by atoms with van der Waals surface area (Å²) in [4.78, 5) is 40.3. The molecule has 0 unspecified atom stereocenters. The molecule has 2 bridgehead atoms. The van der Waals surface area contributed by atoms with Gasteiger partial charge in [0.05, 0.1) is 40.6 Å². The van der Waals surface area contributed by atoms with Crippen LogP contribution >= 0.6 is 0 Å². The molecule has 3 aliphatic rings. The first-order valence-corrected chi connectivity index (χ1v) is 13.7. The number of aromatic nitrogens is 3. The van der Waals surface area contributed by atoms with Crippen LogP contribution in [0.3, 0.4) is 0 Å². The van der Waals surface area contributed by atoms with E-state index < -0.39 is 11.4 Å². The highest BCUT2D eigenvalue weighted by Gasteiger charge is 2.56. The van der Waals surface area contributed by atoms with Gasteiger partial charge in [0, 0.05) is 43.3 Å². The van der Waals surface area contributed by atoms with Gasteiger partial charge in [0.2, 0.25) is 5.91 Å². The molecule has 3 N–H and O–H groups in total. The number of nitrogens with zero attached hydrogens (tertiary/aromatic N) is 3. The molecule has 1 saturated carbocycles. The van der Waals surface area contributed by atoms with Gasteiger partial charge in [0.15, 0.2) is 11.6 Å². The summed E-state index contributed by atoms with van der Waals surface area (Å²) in [5.74, 6) is 6.67. The number of hydrogen-bond acceptors (Lipinski definition) is 6. The van der Waals surface area contributed by atoms with E-state index in [9.17, 15) is 14.0 Å². The van der Waals surface area contributed by atoms with Crippen LogP contribution in [0.25, 0.3) is 22.2 Å². The number of rotatable bonds is 7. The number of ether oxygens (including phenoxy) is 1. The fourth-order valence-corrected chi connectivity index (χ4v) is 5.93. The first kappa shape index (κ1) is 27.3. The van der Waals surface area contributed by atoms with Crippen LogP contribution in [0.4, 0.5) is 15.8 Å². The summed E-state index contributed by atoms with van der Waals surface area (Å²) in [6.45, 7) is 1.39. The van der Waals surface area contributed by atoms with E-state index in [0.717, 1.165) is 12.8 Å². The number of aromatic amines is 2. The molecule has 5 heterocycles. The highest BCUT2D eigenvalue weighted by molar-refractivity contribution is 6.03. The maximum absolute atomic E-state index is 14.5. The van der Waals surface area contributed by atoms with Crippen LogP contribution in [0.1, 0.15) is 18.4 Å². The zero-order valence-electron chi connectivity index (χ0n) is 23.6. The molecule has 9 nitrogen and oxygen atoms in total. The normalized spacial score (nSPS) is 19.2. The predicted octanol–water partition coefficient (Wildman–Crippen LogP) is 4.27. The van der Waals surface area contributed by atoms with Crippen LogP contribution in [0, 0.1) is 23.6 Å². The Morgan fingerprint density at radius 1 is 1.31 bits per heavy atom. The van der Waals surface area contributed by atoms with Crippen LogP contribution in [0.5, 0.6) is 5.75 Å². The van der Waals surface area contributed by atoms with Crippen molar-refractivity contribution in [3.63, 3.8) is 0 Å². The number of nitrogens with one attached hydrogen (secondary N) is 3. The molecule has 0 atom stereocenters. The van der Waals surface area contributed by atoms with Crippen LogP contribution in [0.2, 0.25) is 0 Å². The van der Waals surface area contributed by atoms with Gasteiger partial charge in [0.1, 0.15) is 5.54 Å². The Kier molecular flexibility index (Phi) is 7.04. The molecule has 10 heteroatoms. The summed E-state index contributed by atoms with van der Waals surface area (Å²) >= 11 is 0. The zero-order valence-corrected chi connectivity index (χ0v) is 23.6. The smallest absolute Gasteiger partial charge is 0.259 e. The number of anilines is 2. The van der Waals surface area contributed by atoms with Gasteiger partial charge >= 0.3 is 0 Å². The van der Waals surface area contributed by atoms with Crippen molar-refractivity contribution < 1.29 is 13.9 Å². The van der Waals surface area contributed by atoms with E-state index in [4.69, 9.17) is 4.74 Å². The van der Waals surface area contributed by atoms with Crippen LogP contribution < -0.4 is 15.6 Å². The van der Waals surface area contributed by atoms with Crippen LogP contribution in [-0.2, 0) is 4.79 Å². The lowest BCUT2D eigenvalue weighted by molar-refractivity contribution is -0.127. The number of methoxy groups -OCH3 is 1. The molecular weight excluding hydrogens is 535 g/mol. The van der Waals surface area contributed by atoms with Crippen molar-refractivity contribution in [2.24, 2.45) is 5.92 Å². The van der Waals surface area contributed by atoms with Crippen molar-refractivity contribution in [3.05, 3.63) is 82.8 Å². The van der Waals surface area contributed by atoms with Gasteiger partial charge in [-0.25, -0.2) is 4.39 Å². The van der Waals surface area contributed by atoms with Gasteiger partial charge in [-0.3, -0.25) is 14.6 Å². The highest BCUT2D eigenvalue weighted by Crippen LogP contribution is 2.50. The average Bonchev–Trinajstić information content (AvgIpc) is 3.62. The predicted molar refractivity (Wildman–Crippen MR) is 160 cm³/mol. The molecule has 0 radical (unpaired) electrons. The third-order valence-corrected chi connectivity index (χ3v) is 7.88. The van der Waals surface area contributed by atoms with Gasteiger partial charge in [0.25, 0.3) is 5.56 Å². The lowest BCUT2D eigenvalue weighted by atomic mass is 9.73. The summed E-state index contributed by atoms with van der Waals surface area (Å²) in [6.07, 6.45) is 10.1. The van der Waals surface area contributed by atoms with Crippen molar-refractivity contribution in [1.29, 1.82) is 0 Å². The lowest BCUT2D eigenvalue weighted by Gasteiger charge is -2.37. The van der Waals surface area contributed by atoms with E-state index in [0.29, 0.717) is 58.1 Å². The Hall–Kier alpha value is -4.88. The lowest BCUT2D eigenvalue weighted by Crippen LogP contribution is -2.46. The molecule has 42 heavy (non-hydrogen) atoms. The number of hydrogen-bond donors (Lipinski definition) is 3. The SMILES string of the molecule is COc1c(F)cccc1Nc1c(-c2ccncc2C#CC23CC(CN2C(=O)/C=C/CN(C)C)C3)[nH]c2cc[nH]c(=O)c12. The van der Waals surface area contributed by atoms with Gasteiger partial charge in [-0.15, -0.1) is 0 Å². The number of likely N-dealkylation sites (N-methyl/N-ethyl adjacent to an activating group) is 1. The van der Waals surface area contributed by atoms with E-state index >= 15 is 0 Å². The average molecular weight is 567 g/mol. The molecule has 3 fully saturated rings. The van der Waals surface area contributed by atoms with Crippen molar-refractivity contribution in [1.82, 2.24) is 24.8 Å². The Labute approximate surface area is 242 Å². The molecule has 2 aliphatic heterocycles. The van der Waals surface area contributed by atoms with Gasteiger partial charge in [-0.05, 0) is 57.1 Å². The third kappa shape index (κ3) is 4.82. The number of carbonyl (C=O) groups excluding carboxylic acids is 1. The fourth-order valence-electron chi connectivity index (χ4n) is 5.93. The molecule has 0 spiro atoms. The number of benzene rings is 1. The minimum Gasteiger partial charge on any atom is -0.492 e. The number of halogens is 1. The van der Waals surface area contributed by atoms with E-state index in [2.05, 4.69) is 32.1 Å². The second kappa shape index (κ2) is 10.8. The summed E-state index contributed by atoms with van der Waals surface area (Å²) in [6, 6.07) is 8.14. The van der Waals surface area contributed by atoms with Crippen molar-refractivity contribution in [3.8, 4) is 28.8 Å². The summed E-state index contributed by atoms with van der Waals surface area (Å²) < 4.78 is 19.8. The number of para-hydroxylation sites is 1.